The molecule has 118 valence electrons. The van der Waals surface area contributed by atoms with Crippen LogP contribution in [0, 0.1) is 11.3 Å². The number of amides is 1. The summed E-state index contributed by atoms with van der Waals surface area (Å²) < 4.78 is 5.20. The van der Waals surface area contributed by atoms with Gasteiger partial charge in [-0.2, -0.15) is 5.26 Å². The molecule has 0 unspecified atom stereocenters. The van der Waals surface area contributed by atoms with E-state index in [0.29, 0.717) is 11.3 Å². The van der Waals surface area contributed by atoms with Crippen molar-refractivity contribution in [1.29, 1.82) is 5.26 Å². The van der Waals surface area contributed by atoms with Gasteiger partial charge in [0.25, 0.3) is 0 Å². The number of carbonyl (C=O) groups is 1. The summed E-state index contributed by atoms with van der Waals surface area (Å²) in [5.74, 6) is 0. The van der Waals surface area contributed by atoms with Crippen LogP contribution in [0.5, 0.6) is 0 Å². The minimum atomic E-state index is -0.527. The highest BCUT2D eigenvalue weighted by atomic mass is 16.6. The molecule has 0 bridgehead atoms. The Balaban J connectivity index is 1.96. The summed E-state index contributed by atoms with van der Waals surface area (Å²) in [5.41, 5.74) is 2.51. The lowest BCUT2D eigenvalue weighted by molar-refractivity contribution is 0.0636. The number of nitrogens with one attached hydrogen (secondary N) is 2. The Morgan fingerprint density at radius 2 is 1.43 bits per heavy atom. The second-order valence-electron chi connectivity index (χ2n) is 6.02. The Labute approximate surface area is 135 Å². The van der Waals surface area contributed by atoms with Crippen LogP contribution in [0.3, 0.4) is 0 Å². The summed E-state index contributed by atoms with van der Waals surface area (Å²) in [7, 11) is 0. The Bertz CT molecular complexity index is 708. The van der Waals surface area contributed by atoms with E-state index in [2.05, 4.69) is 16.7 Å². The van der Waals surface area contributed by atoms with E-state index < -0.39 is 11.7 Å². The first-order valence-electron chi connectivity index (χ1n) is 7.23. The SMILES string of the molecule is CC(C)(C)OC(=O)Nc1ccc(Nc2ccc(C#N)cc2)cc1. The topological polar surface area (TPSA) is 74.2 Å². The predicted molar refractivity (Wildman–Crippen MR) is 90.7 cm³/mol. The first-order valence-corrected chi connectivity index (χ1v) is 7.23. The van der Waals surface area contributed by atoms with Crippen LogP contribution in [-0.4, -0.2) is 11.7 Å². The molecule has 0 aliphatic carbocycles. The van der Waals surface area contributed by atoms with Gasteiger partial charge in [-0.1, -0.05) is 0 Å². The van der Waals surface area contributed by atoms with E-state index in [1.165, 1.54) is 0 Å². The number of anilines is 3. The number of ether oxygens (including phenoxy) is 1. The van der Waals surface area contributed by atoms with Crippen LogP contribution < -0.4 is 10.6 Å². The van der Waals surface area contributed by atoms with Crippen LogP contribution in [-0.2, 0) is 4.74 Å². The second-order valence-corrected chi connectivity index (χ2v) is 6.02. The summed E-state index contributed by atoms with van der Waals surface area (Å²) in [6, 6.07) is 16.5. The minimum Gasteiger partial charge on any atom is -0.444 e. The van der Waals surface area contributed by atoms with Crippen molar-refractivity contribution >= 4 is 23.2 Å². The maximum atomic E-state index is 11.7. The van der Waals surface area contributed by atoms with E-state index in [1.54, 1.807) is 24.3 Å². The van der Waals surface area contributed by atoms with E-state index in [1.807, 2.05) is 45.0 Å². The van der Waals surface area contributed by atoms with Gasteiger partial charge in [-0.25, -0.2) is 4.79 Å². The highest BCUT2D eigenvalue weighted by Gasteiger charge is 2.15. The molecule has 0 aromatic heterocycles. The smallest absolute Gasteiger partial charge is 0.412 e. The predicted octanol–water partition coefficient (Wildman–Crippen LogP) is 4.65. The first-order chi connectivity index (χ1) is 10.9. The normalized spacial score (nSPS) is 10.5. The summed E-state index contributed by atoms with van der Waals surface area (Å²) in [5, 5.41) is 14.7. The zero-order chi connectivity index (χ0) is 16.9. The van der Waals surface area contributed by atoms with Crippen molar-refractivity contribution in [3.05, 3.63) is 54.1 Å². The van der Waals surface area contributed by atoms with Gasteiger partial charge in [-0.05, 0) is 69.3 Å². The number of nitrogens with zero attached hydrogens (tertiary/aromatic N) is 1. The number of hydrogen-bond donors (Lipinski definition) is 2. The van der Waals surface area contributed by atoms with Crippen molar-refractivity contribution in [2.24, 2.45) is 0 Å². The lowest BCUT2D eigenvalue weighted by atomic mass is 10.2. The highest BCUT2D eigenvalue weighted by molar-refractivity contribution is 5.85. The molecule has 0 aliphatic heterocycles. The lowest BCUT2D eigenvalue weighted by Crippen LogP contribution is -2.27. The first kappa shape index (κ1) is 16.4. The number of benzene rings is 2. The van der Waals surface area contributed by atoms with Gasteiger partial charge in [0.15, 0.2) is 0 Å². The molecular formula is C18H19N3O2. The number of carbonyl (C=O) groups excluding carboxylic acids is 1. The molecule has 0 saturated carbocycles. The van der Waals surface area contributed by atoms with Gasteiger partial charge in [0.2, 0.25) is 0 Å². The Morgan fingerprint density at radius 1 is 0.957 bits per heavy atom. The Morgan fingerprint density at radius 3 is 1.91 bits per heavy atom. The van der Waals surface area contributed by atoms with E-state index >= 15 is 0 Å². The van der Waals surface area contributed by atoms with E-state index in [0.717, 1.165) is 11.4 Å². The molecule has 2 N–H and O–H groups in total. The monoisotopic (exact) mass is 309 g/mol. The third kappa shape index (κ3) is 5.36. The maximum Gasteiger partial charge on any atom is 0.412 e. The van der Waals surface area contributed by atoms with E-state index in [9.17, 15) is 4.79 Å². The molecule has 1 amide bonds. The quantitative estimate of drug-likeness (QED) is 0.865. The lowest BCUT2D eigenvalue weighted by Gasteiger charge is -2.19. The Kier molecular flexibility index (Phi) is 4.87. The zero-order valence-corrected chi connectivity index (χ0v) is 13.4. The van der Waals surface area contributed by atoms with Crippen molar-refractivity contribution < 1.29 is 9.53 Å². The number of hydrogen-bond acceptors (Lipinski definition) is 4. The molecule has 0 atom stereocenters. The molecule has 2 aromatic rings. The summed E-state index contributed by atoms with van der Waals surface area (Å²) in [4.78, 5) is 11.7. The summed E-state index contributed by atoms with van der Waals surface area (Å²) >= 11 is 0. The van der Waals surface area contributed by atoms with Gasteiger partial charge < -0.3 is 10.1 Å². The fourth-order valence-corrected chi connectivity index (χ4v) is 1.85. The molecule has 2 aromatic carbocycles. The van der Waals surface area contributed by atoms with Gasteiger partial charge >= 0.3 is 6.09 Å². The van der Waals surface area contributed by atoms with Crippen molar-refractivity contribution in [2.45, 2.75) is 26.4 Å². The fraction of sp³-hybridized carbons (Fsp3) is 0.222. The zero-order valence-electron chi connectivity index (χ0n) is 13.4. The van der Waals surface area contributed by atoms with Gasteiger partial charge in [0.05, 0.1) is 11.6 Å². The number of rotatable bonds is 3. The van der Waals surface area contributed by atoms with Crippen molar-refractivity contribution in [3.8, 4) is 6.07 Å². The third-order valence-corrected chi connectivity index (χ3v) is 2.83. The van der Waals surface area contributed by atoms with E-state index in [-0.39, 0.29) is 0 Å². The summed E-state index contributed by atoms with van der Waals surface area (Å²) in [6.45, 7) is 5.45. The molecular weight excluding hydrogens is 290 g/mol. The van der Waals surface area contributed by atoms with Crippen LogP contribution in [0.25, 0.3) is 0 Å². The molecule has 5 heteroatoms. The Hall–Kier alpha value is -3.00. The number of nitriles is 1. The average molecular weight is 309 g/mol. The molecule has 0 spiro atoms. The minimum absolute atomic E-state index is 0.481. The van der Waals surface area contributed by atoms with Crippen LogP contribution in [0.1, 0.15) is 26.3 Å². The van der Waals surface area contributed by atoms with Crippen LogP contribution >= 0.6 is 0 Å². The fourth-order valence-electron chi connectivity index (χ4n) is 1.85. The molecule has 2 rings (SSSR count). The van der Waals surface area contributed by atoms with Crippen LogP contribution in [0.4, 0.5) is 21.9 Å². The molecule has 0 fully saturated rings. The molecule has 23 heavy (non-hydrogen) atoms. The molecule has 0 radical (unpaired) electrons. The standard InChI is InChI=1S/C18H19N3O2/c1-18(2,3)23-17(22)21-16-10-8-15(9-11-16)20-14-6-4-13(12-19)5-7-14/h4-11,20H,1-3H3,(H,21,22). The maximum absolute atomic E-state index is 11.7. The van der Waals surface area contributed by atoms with Crippen LogP contribution in [0.15, 0.2) is 48.5 Å². The van der Waals surface area contributed by atoms with Gasteiger partial charge in [0.1, 0.15) is 5.60 Å². The molecule has 0 aliphatic rings. The average Bonchev–Trinajstić information content (AvgIpc) is 2.48. The van der Waals surface area contributed by atoms with Crippen molar-refractivity contribution in [1.82, 2.24) is 0 Å². The molecule has 5 nitrogen and oxygen atoms in total. The van der Waals surface area contributed by atoms with Crippen molar-refractivity contribution in [3.63, 3.8) is 0 Å². The molecule has 0 heterocycles. The van der Waals surface area contributed by atoms with Gasteiger partial charge in [-0.15, -0.1) is 0 Å². The van der Waals surface area contributed by atoms with E-state index in [4.69, 9.17) is 10.00 Å². The third-order valence-electron chi connectivity index (χ3n) is 2.83. The largest absolute Gasteiger partial charge is 0.444 e. The van der Waals surface area contributed by atoms with Gasteiger partial charge in [-0.3, -0.25) is 5.32 Å². The van der Waals surface area contributed by atoms with Crippen molar-refractivity contribution in [2.75, 3.05) is 10.6 Å². The van der Waals surface area contributed by atoms with Crippen LogP contribution in [0.2, 0.25) is 0 Å². The summed E-state index contributed by atoms with van der Waals surface area (Å²) in [6.07, 6.45) is -0.481. The molecule has 0 saturated heterocycles. The second kappa shape index (κ2) is 6.84. The van der Waals surface area contributed by atoms with Gasteiger partial charge in [0, 0.05) is 17.1 Å². The highest BCUT2D eigenvalue weighted by Crippen LogP contribution is 2.20.